The van der Waals surface area contributed by atoms with E-state index in [0.717, 1.165) is 29.6 Å². The second-order valence-electron chi connectivity index (χ2n) is 6.13. The molecule has 4 unspecified atom stereocenters. The van der Waals surface area contributed by atoms with Gasteiger partial charge in [0.15, 0.2) is 0 Å². The third-order valence-corrected chi connectivity index (χ3v) is 4.74. The minimum absolute atomic E-state index is 0.869. The molecule has 0 radical (unpaired) electrons. The fraction of sp³-hybridized carbons (Fsp3) is 1.00. The number of unbranched alkanes of at least 4 members (excludes halogenated alkanes) is 1. The molecule has 90 valence electrons. The lowest BCUT2D eigenvalue weighted by molar-refractivity contribution is 0.366. The Balaban J connectivity index is 2.13. The van der Waals surface area contributed by atoms with Crippen LogP contribution in [0.15, 0.2) is 0 Å². The Bertz CT molecular complexity index is 171. The molecule has 0 heterocycles. The standard InChI is InChI=1S/C15H30/c1-6-7-8-14-13(5)15(14)10-9-12(4)11(2)3/h11-15H,6-10H2,1-5H3. The van der Waals surface area contributed by atoms with Crippen molar-refractivity contribution in [2.45, 2.75) is 66.7 Å². The molecule has 0 nitrogen and oxygen atoms in total. The molecular formula is C15H30. The highest BCUT2D eigenvalue weighted by molar-refractivity contribution is 4.93. The predicted molar refractivity (Wildman–Crippen MR) is 68.9 cm³/mol. The Labute approximate surface area is 96.8 Å². The van der Waals surface area contributed by atoms with E-state index in [1.54, 1.807) is 0 Å². The lowest BCUT2D eigenvalue weighted by Gasteiger charge is -2.14. The van der Waals surface area contributed by atoms with Crippen LogP contribution in [0.2, 0.25) is 0 Å². The summed E-state index contributed by atoms with van der Waals surface area (Å²) in [5.41, 5.74) is 0. The maximum Gasteiger partial charge on any atom is -0.0355 e. The summed E-state index contributed by atoms with van der Waals surface area (Å²) in [6.07, 6.45) is 7.27. The summed E-state index contributed by atoms with van der Waals surface area (Å²) < 4.78 is 0. The molecule has 1 rings (SSSR count). The molecular weight excluding hydrogens is 180 g/mol. The minimum Gasteiger partial charge on any atom is -0.0654 e. The van der Waals surface area contributed by atoms with Crippen LogP contribution in [0.1, 0.15) is 66.7 Å². The smallest absolute Gasteiger partial charge is 0.0355 e. The lowest BCUT2D eigenvalue weighted by atomic mass is 9.91. The van der Waals surface area contributed by atoms with Gasteiger partial charge in [0.2, 0.25) is 0 Å². The third-order valence-electron chi connectivity index (χ3n) is 4.74. The summed E-state index contributed by atoms with van der Waals surface area (Å²) in [6.45, 7) is 11.9. The first-order chi connectivity index (χ1) is 7.07. The van der Waals surface area contributed by atoms with E-state index in [9.17, 15) is 0 Å². The molecule has 0 saturated heterocycles. The van der Waals surface area contributed by atoms with Gasteiger partial charge in [-0.3, -0.25) is 0 Å². The molecule has 0 N–H and O–H groups in total. The molecule has 0 heteroatoms. The van der Waals surface area contributed by atoms with Crippen molar-refractivity contribution < 1.29 is 0 Å². The maximum absolute atomic E-state index is 2.46. The highest BCUT2D eigenvalue weighted by atomic mass is 14.5. The highest BCUT2D eigenvalue weighted by Crippen LogP contribution is 2.52. The molecule has 0 aromatic heterocycles. The van der Waals surface area contributed by atoms with Crippen LogP contribution in [0.5, 0.6) is 0 Å². The summed E-state index contributed by atoms with van der Waals surface area (Å²) in [7, 11) is 0. The van der Waals surface area contributed by atoms with E-state index in [4.69, 9.17) is 0 Å². The van der Waals surface area contributed by atoms with Gasteiger partial charge in [-0.15, -0.1) is 0 Å². The van der Waals surface area contributed by atoms with E-state index >= 15 is 0 Å². The van der Waals surface area contributed by atoms with Crippen molar-refractivity contribution in [2.24, 2.45) is 29.6 Å². The zero-order valence-corrected chi connectivity index (χ0v) is 11.4. The predicted octanol–water partition coefficient (Wildman–Crippen LogP) is 5.13. The number of hydrogen-bond donors (Lipinski definition) is 0. The van der Waals surface area contributed by atoms with Gasteiger partial charge in [0.1, 0.15) is 0 Å². The largest absolute Gasteiger partial charge is 0.0654 e. The summed E-state index contributed by atoms with van der Waals surface area (Å²) in [5, 5.41) is 0. The van der Waals surface area contributed by atoms with Gasteiger partial charge in [-0.1, -0.05) is 53.9 Å². The Morgan fingerprint density at radius 2 is 1.60 bits per heavy atom. The average molecular weight is 210 g/mol. The van der Waals surface area contributed by atoms with Gasteiger partial charge in [0.05, 0.1) is 0 Å². The molecule has 0 amide bonds. The number of hydrogen-bond acceptors (Lipinski definition) is 0. The van der Waals surface area contributed by atoms with Crippen LogP contribution in [0.25, 0.3) is 0 Å². The fourth-order valence-electron chi connectivity index (χ4n) is 2.82. The topological polar surface area (TPSA) is 0 Å². The van der Waals surface area contributed by atoms with Crippen LogP contribution in [0.4, 0.5) is 0 Å². The second kappa shape index (κ2) is 5.92. The van der Waals surface area contributed by atoms with Crippen LogP contribution in [0, 0.1) is 29.6 Å². The zero-order chi connectivity index (χ0) is 11.4. The molecule has 1 aliphatic rings. The van der Waals surface area contributed by atoms with E-state index in [2.05, 4.69) is 34.6 Å². The first-order valence-electron chi connectivity index (χ1n) is 7.07. The SMILES string of the molecule is CCCCC1C(C)C1CCC(C)C(C)C. The molecule has 0 bridgehead atoms. The van der Waals surface area contributed by atoms with Gasteiger partial charge < -0.3 is 0 Å². The molecule has 0 aromatic rings. The number of rotatable bonds is 7. The summed E-state index contributed by atoms with van der Waals surface area (Å²) in [4.78, 5) is 0. The molecule has 1 saturated carbocycles. The first kappa shape index (κ1) is 13.1. The molecule has 1 fully saturated rings. The quantitative estimate of drug-likeness (QED) is 0.546. The van der Waals surface area contributed by atoms with Crippen LogP contribution in [-0.2, 0) is 0 Å². The first-order valence-corrected chi connectivity index (χ1v) is 7.07. The Hall–Kier alpha value is 0. The average Bonchev–Trinajstić information content (AvgIpc) is 2.81. The summed E-state index contributed by atoms with van der Waals surface area (Å²) >= 11 is 0. The second-order valence-corrected chi connectivity index (χ2v) is 6.13. The summed E-state index contributed by atoms with van der Waals surface area (Å²) in [5.74, 6) is 5.00. The minimum atomic E-state index is 0.869. The molecule has 1 aliphatic carbocycles. The third kappa shape index (κ3) is 3.81. The van der Waals surface area contributed by atoms with Gasteiger partial charge in [0, 0.05) is 0 Å². The van der Waals surface area contributed by atoms with Crippen molar-refractivity contribution in [3.63, 3.8) is 0 Å². The maximum atomic E-state index is 2.46. The van der Waals surface area contributed by atoms with Crippen LogP contribution in [-0.4, -0.2) is 0 Å². The summed E-state index contributed by atoms with van der Waals surface area (Å²) in [6, 6.07) is 0. The van der Waals surface area contributed by atoms with Gasteiger partial charge in [0.25, 0.3) is 0 Å². The van der Waals surface area contributed by atoms with Crippen LogP contribution < -0.4 is 0 Å². The van der Waals surface area contributed by atoms with E-state index in [-0.39, 0.29) is 0 Å². The van der Waals surface area contributed by atoms with Crippen molar-refractivity contribution in [3.05, 3.63) is 0 Å². The van der Waals surface area contributed by atoms with Crippen molar-refractivity contribution in [2.75, 3.05) is 0 Å². The van der Waals surface area contributed by atoms with Crippen LogP contribution in [0.3, 0.4) is 0 Å². The Kier molecular flexibility index (Phi) is 5.15. The monoisotopic (exact) mass is 210 g/mol. The Morgan fingerprint density at radius 3 is 2.13 bits per heavy atom. The molecule has 0 aromatic carbocycles. The normalized spacial score (nSPS) is 32.0. The molecule has 4 atom stereocenters. The van der Waals surface area contributed by atoms with Gasteiger partial charge in [-0.05, 0) is 42.4 Å². The fourth-order valence-corrected chi connectivity index (χ4v) is 2.82. The van der Waals surface area contributed by atoms with Crippen molar-refractivity contribution in [3.8, 4) is 0 Å². The molecule has 0 aliphatic heterocycles. The van der Waals surface area contributed by atoms with Gasteiger partial charge in [-0.25, -0.2) is 0 Å². The van der Waals surface area contributed by atoms with E-state index in [1.807, 2.05) is 0 Å². The molecule has 15 heavy (non-hydrogen) atoms. The van der Waals surface area contributed by atoms with E-state index < -0.39 is 0 Å². The van der Waals surface area contributed by atoms with E-state index in [0.29, 0.717) is 0 Å². The lowest BCUT2D eigenvalue weighted by Crippen LogP contribution is -2.04. The van der Waals surface area contributed by atoms with Gasteiger partial charge in [-0.2, -0.15) is 0 Å². The van der Waals surface area contributed by atoms with E-state index in [1.165, 1.54) is 32.1 Å². The molecule has 0 spiro atoms. The van der Waals surface area contributed by atoms with Crippen molar-refractivity contribution in [1.29, 1.82) is 0 Å². The van der Waals surface area contributed by atoms with Gasteiger partial charge >= 0.3 is 0 Å². The van der Waals surface area contributed by atoms with Crippen molar-refractivity contribution >= 4 is 0 Å². The van der Waals surface area contributed by atoms with Crippen molar-refractivity contribution in [1.82, 2.24) is 0 Å². The Morgan fingerprint density at radius 1 is 1.00 bits per heavy atom. The highest BCUT2D eigenvalue weighted by Gasteiger charge is 2.44. The zero-order valence-electron chi connectivity index (χ0n) is 11.4. The van der Waals surface area contributed by atoms with Crippen LogP contribution >= 0.6 is 0 Å².